The molecule has 0 bridgehead atoms. The smallest absolute Gasteiger partial charge is 0.338 e. The van der Waals surface area contributed by atoms with Crippen molar-refractivity contribution in [2.24, 2.45) is 0 Å². The Morgan fingerprint density at radius 3 is 2.70 bits per heavy atom. The van der Waals surface area contributed by atoms with Crippen LogP contribution < -0.4 is 4.31 Å². The van der Waals surface area contributed by atoms with Crippen LogP contribution in [-0.4, -0.2) is 25.6 Å². The fraction of sp³-hybridized carbons (Fsp3) is 0.273. The Hall–Kier alpha value is -3.13. The van der Waals surface area contributed by atoms with Crippen LogP contribution in [0.3, 0.4) is 0 Å². The Kier molecular flexibility index (Phi) is 5.11. The molecule has 0 N–H and O–H groups in total. The highest BCUT2D eigenvalue weighted by Gasteiger charge is 2.36. The van der Waals surface area contributed by atoms with E-state index in [1.807, 2.05) is 25.1 Å². The molecule has 8 heteroatoms. The summed E-state index contributed by atoms with van der Waals surface area (Å²) in [5.74, 6) is -0.0276. The minimum Gasteiger partial charge on any atom is -0.457 e. The number of carbonyl (C=O) groups is 1. The first-order valence-corrected chi connectivity index (χ1v) is 11.0. The predicted octanol–water partition coefficient (Wildman–Crippen LogP) is 3.79. The molecular weight excluding hydrogens is 404 g/mol. The molecule has 1 atom stereocenters. The van der Waals surface area contributed by atoms with Crippen molar-refractivity contribution in [1.82, 2.24) is 5.16 Å². The number of nitrogens with zero attached hydrogens (tertiary/aromatic N) is 2. The third-order valence-electron chi connectivity index (χ3n) is 5.30. The monoisotopic (exact) mass is 426 g/mol. The first-order valence-electron chi connectivity index (χ1n) is 9.60. The van der Waals surface area contributed by atoms with Gasteiger partial charge >= 0.3 is 5.97 Å². The van der Waals surface area contributed by atoms with Gasteiger partial charge in [0, 0.05) is 6.04 Å². The lowest BCUT2D eigenvalue weighted by Gasteiger charge is -2.24. The predicted molar refractivity (Wildman–Crippen MR) is 111 cm³/mol. The molecule has 30 heavy (non-hydrogen) atoms. The Bertz CT molecular complexity index is 1200. The molecule has 0 spiro atoms. The summed E-state index contributed by atoms with van der Waals surface area (Å²) >= 11 is 0. The zero-order valence-corrected chi connectivity index (χ0v) is 17.8. The Morgan fingerprint density at radius 1 is 1.20 bits per heavy atom. The topological polar surface area (TPSA) is 89.7 Å². The van der Waals surface area contributed by atoms with E-state index in [4.69, 9.17) is 9.26 Å². The van der Waals surface area contributed by atoms with E-state index < -0.39 is 16.0 Å². The second-order valence-corrected chi connectivity index (χ2v) is 9.20. The number of aryl methyl sites for hydroxylation is 2. The first kappa shape index (κ1) is 20.2. The van der Waals surface area contributed by atoms with Crippen LogP contribution in [0, 0.1) is 13.8 Å². The van der Waals surface area contributed by atoms with Gasteiger partial charge in [-0.1, -0.05) is 29.4 Å². The summed E-state index contributed by atoms with van der Waals surface area (Å²) in [5.41, 5.74) is 3.19. The Morgan fingerprint density at radius 2 is 1.97 bits per heavy atom. The summed E-state index contributed by atoms with van der Waals surface area (Å²) in [7, 11) is -3.83. The zero-order valence-electron chi connectivity index (χ0n) is 17.0. The van der Waals surface area contributed by atoms with Crippen molar-refractivity contribution in [3.63, 3.8) is 0 Å². The van der Waals surface area contributed by atoms with Crippen molar-refractivity contribution in [3.05, 3.63) is 76.7 Å². The fourth-order valence-electron chi connectivity index (χ4n) is 3.73. The number of esters is 1. The number of fused-ring (bicyclic) bond motifs is 1. The van der Waals surface area contributed by atoms with Crippen molar-refractivity contribution in [3.8, 4) is 0 Å². The van der Waals surface area contributed by atoms with E-state index in [1.54, 1.807) is 26.0 Å². The van der Waals surface area contributed by atoms with E-state index in [1.165, 1.54) is 22.5 Å². The second-order valence-electron chi connectivity index (χ2n) is 7.39. The van der Waals surface area contributed by atoms with E-state index in [-0.39, 0.29) is 23.1 Å². The van der Waals surface area contributed by atoms with Crippen LogP contribution >= 0.6 is 0 Å². The molecule has 0 radical (unpaired) electrons. The van der Waals surface area contributed by atoms with Gasteiger partial charge < -0.3 is 9.26 Å². The third kappa shape index (κ3) is 3.47. The lowest BCUT2D eigenvalue weighted by atomic mass is 10.1. The number of rotatable bonds is 5. The molecule has 3 aromatic rings. The van der Waals surface area contributed by atoms with Gasteiger partial charge in [0.05, 0.1) is 27.4 Å². The highest BCUT2D eigenvalue weighted by molar-refractivity contribution is 7.92. The molecule has 156 valence electrons. The first-order chi connectivity index (χ1) is 14.3. The van der Waals surface area contributed by atoms with E-state index in [9.17, 15) is 13.2 Å². The largest absolute Gasteiger partial charge is 0.457 e. The van der Waals surface area contributed by atoms with Crippen LogP contribution in [0.5, 0.6) is 0 Å². The van der Waals surface area contributed by atoms with E-state index in [0.29, 0.717) is 29.1 Å². The van der Waals surface area contributed by atoms with Gasteiger partial charge in [-0.25, -0.2) is 13.2 Å². The van der Waals surface area contributed by atoms with Gasteiger partial charge in [0.2, 0.25) is 0 Å². The molecule has 0 fully saturated rings. The average molecular weight is 426 g/mol. The standard InChI is InChI=1S/C22H22N2O5S/c1-14-11-17-7-4-5-10-21(17)24(14)30(26,27)19-9-6-8-18(12-19)22(25)28-13-20-15(2)23-29-16(20)3/h4-10,12,14H,11,13H2,1-3H3/t14-/m1/s1. The molecule has 2 heterocycles. The quantitative estimate of drug-likeness (QED) is 0.577. The van der Waals surface area contributed by atoms with Crippen LogP contribution in [-0.2, 0) is 27.8 Å². The van der Waals surface area contributed by atoms with Crippen LogP contribution in [0.2, 0.25) is 0 Å². The molecule has 0 aliphatic carbocycles. The normalized spacial score (nSPS) is 15.8. The van der Waals surface area contributed by atoms with Crippen molar-refractivity contribution in [1.29, 1.82) is 0 Å². The molecule has 1 aliphatic heterocycles. The van der Waals surface area contributed by atoms with Gasteiger partial charge in [0.25, 0.3) is 10.0 Å². The number of para-hydroxylation sites is 1. The van der Waals surface area contributed by atoms with Gasteiger partial charge in [0.15, 0.2) is 0 Å². The van der Waals surface area contributed by atoms with Crippen molar-refractivity contribution in [2.75, 3.05) is 4.31 Å². The lowest BCUT2D eigenvalue weighted by molar-refractivity contribution is 0.0470. The van der Waals surface area contributed by atoms with E-state index in [2.05, 4.69) is 5.16 Å². The summed E-state index contributed by atoms with van der Waals surface area (Å²) < 4.78 is 38.6. The number of benzene rings is 2. The van der Waals surface area contributed by atoms with Crippen molar-refractivity contribution < 1.29 is 22.5 Å². The summed E-state index contributed by atoms with van der Waals surface area (Å²) in [6, 6.07) is 13.2. The van der Waals surface area contributed by atoms with Gasteiger partial charge in [-0.05, 0) is 57.0 Å². The maximum Gasteiger partial charge on any atom is 0.338 e. The highest BCUT2D eigenvalue weighted by Crippen LogP contribution is 2.36. The molecule has 0 amide bonds. The molecule has 1 aliphatic rings. The molecule has 2 aromatic carbocycles. The minimum atomic E-state index is -3.83. The maximum absolute atomic E-state index is 13.4. The Balaban J connectivity index is 1.59. The number of ether oxygens (including phenoxy) is 1. The van der Waals surface area contributed by atoms with Gasteiger partial charge in [0.1, 0.15) is 12.4 Å². The van der Waals surface area contributed by atoms with Crippen LogP contribution in [0.1, 0.15) is 39.9 Å². The highest BCUT2D eigenvalue weighted by atomic mass is 32.2. The maximum atomic E-state index is 13.4. The Labute approximate surface area is 175 Å². The molecule has 0 saturated carbocycles. The van der Waals surface area contributed by atoms with E-state index in [0.717, 1.165) is 5.56 Å². The fourth-order valence-corrected chi connectivity index (χ4v) is 5.47. The zero-order chi connectivity index (χ0) is 21.5. The summed E-state index contributed by atoms with van der Waals surface area (Å²) in [6.07, 6.45) is 0.647. The van der Waals surface area contributed by atoms with Crippen LogP contribution in [0.4, 0.5) is 5.69 Å². The number of aromatic nitrogens is 1. The SMILES string of the molecule is Cc1noc(C)c1COC(=O)c1cccc(S(=O)(=O)N2c3ccccc3C[C@H]2C)c1. The van der Waals surface area contributed by atoms with Crippen molar-refractivity contribution >= 4 is 21.7 Å². The summed E-state index contributed by atoms with van der Waals surface area (Å²) in [4.78, 5) is 12.6. The molecular formula is C22H22N2O5S. The summed E-state index contributed by atoms with van der Waals surface area (Å²) in [6.45, 7) is 5.39. The number of sulfonamides is 1. The van der Waals surface area contributed by atoms with Gasteiger partial charge in [-0.2, -0.15) is 0 Å². The van der Waals surface area contributed by atoms with Crippen molar-refractivity contribution in [2.45, 2.75) is 44.7 Å². The number of anilines is 1. The molecule has 0 saturated heterocycles. The molecule has 0 unspecified atom stereocenters. The average Bonchev–Trinajstić information content (AvgIpc) is 3.24. The van der Waals surface area contributed by atoms with Gasteiger partial charge in [-0.15, -0.1) is 0 Å². The summed E-state index contributed by atoms with van der Waals surface area (Å²) in [5, 5.41) is 3.83. The van der Waals surface area contributed by atoms with Gasteiger partial charge in [-0.3, -0.25) is 4.31 Å². The molecule has 1 aromatic heterocycles. The minimum absolute atomic E-state index is 0.00745. The molecule has 7 nitrogen and oxygen atoms in total. The number of carbonyl (C=O) groups excluding carboxylic acids is 1. The second kappa shape index (κ2) is 7.60. The van der Waals surface area contributed by atoms with E-state index >= 15 is 0 Å². The third-order valence-corrected chi connectivity index (χ3v) is 7.22. The lowest BCUT2D eigenvalue weighted by Crippen LogP contribution is -2.35. The number of hydrogen-bond donors (Lipinski definition) is 0. The molecule has 4 rings (SSSR count). The van der Waals surface area contributed by atoms with Crippen LogP contribution in [0.25, 0.3) is 0 Å². The number of hydrogen-bond acceptors (Lipinski definition) is 6. The van der Waals surface area contributed by atoms with Crippen LogP contribution in [0.15, 0.2) is 57.9 Å².